The summed E-state index contributed by atoms with van der Waals surface area (Å²) in [5.41, 5.74) is 9.13. The molecule has 2 N–H and O–H groups in total. The number of ether oxygens (including phenoxy) is 2. The molecule has 1 heterocycles. The van der Waals surface area contributed by atoms with Gasteiger partial charge >= 0.3 is 0 Å². The monoisotopic (exact) mass is 285 g/mol. The molecule has 2 aromatic rings. The van der Waals surface area contributed by atoms with Crippen LogP contribution in [0.15, 0.2) is 24.3 Å². The zero-order valence-corrected chi connectivity index (χ0v) is 12.1. The van der Waals surface area contributed by atoms with Crippen molar-refractivity contribution in [3.63, 3.8) is 0 Å². The maximum atomic E-state index is 5.79. The molecule has 0 radical (unpaired) electrons. The topological polar surface area (TPSA) is 70.3 Å². The second-order valence-corrected chi connectivity index (χ2v) is 5.03. The van der Waals surface area contributed by atoms with E-state index in [2.05, 4.69) is 9.97 Å². The van der Waals surface area contributed by atoms with E-state index in [0.717, 1.165) is 42.1 Å². The lowest BCUT2D eigenvalue weighted by atomic mass is 10.2. The summed E-state index contributed by atoms with van der Waals surface area (Å²) in [6.07, 6.45) is 3.20. The Labute approximate surface area is 124 Å². The quantitative estimate of drug-likeness (QED) is 0.910. The van der Waals surface area contributed by atoms with Gasteiger partial charge in [-0.2, -0.15) is 0 Å². The molecule has 0 unspecified atom stereocenters. The Kier molecular flexibility index (Phi) is 4.01. The summed E-state index contributed by atoms with van der Waals surface area (Å²) in [7, 11) is 1.64. The Hall–Kier alpha value is -2.14. The molecular formula is C16H19N3O2. The molecule has 0 saturated carbocycles. The summed E-state index contributed by atoms with van der Waals surface area (Å²) in [4.78, 5) is 9.12. The number of benzene rings is 1. The number of methoxy groups -OCH3 is 1. The standard InChI is InChI=1S/C16H19N3O2/c1-20-11-5-7-12(8-6-11)21-10-16-18-14-4-2-3-13(14)15(9-17)19-16/h5-8H,2-4,9-10,17H2,1H3. The summed E-state index contributed by atoms with van der Waals surface area (Å²) in [5, 5.41) is 0. The van der Waals surface area contributed by atoms with Gasteiger partial charge in [0.1, 0.15) is 18.1 Å². The van der Waals surface area contributed by atoms with Crippen molar-refractivity contribution in [2.75, 3.05) is 7.11 Å². The number of aromatic nitrogens is 2. The van der Waals surface area contributed by atoms with Crippen molar-refractivity contribution >= 4 is 0 Å². The van der Waals surface area contributed by atoms with E-state index in [-0.39, 0.29) is 0 Å². The zero-order chi connectivity index (χ0) is 14.7. The minimum atomic E-state index is 0.354. The summed E-state index contributed by atoms with van der Waals surface area (Å²) in [6, 6.07) is 7.47. The molecule has 1 aliphatic rings. The first-order chi connectivity index (χ1) is 10.3. The highest BCUT2D eigenvalue weighted by molar-refractivity contribution is 5.32. The third kappa shape index (κ3) is 2.97. The van der Waals surface area contributed by atoms with Crippen LogP contribution < -0.4 is 15.2 Å². The Bertz CT molecular complexity index is 626. The molecule has 0 amide bonds. The highest BCUT2D eigenvalue weighted by Gasteiger charge is 2.18. The molecule has 3 rings (SSSR count). The highest BCUT2D eigenvalue weighted by atomic mass is 16.5. The number of nitrogens with zero attached hydrogens (tertiary/aromatic N) is 2. The van der Waals surface area contributed by atoms with Crippen LogP contribution in [0.25, 0.3) is 0 Å². The van der Waals surface area contributed by atoms with Crippen LogP contribution in [-0.2, 0) is 26.0 Å². The molecule has 0 bridgehead atoms. The van der Waals surface area contributed by atoms with Crippen molar-refractivity contribution in [3.8, 4) is 11.5 Å². The van der Waals surface area contributed by atoms with E-state index in [1.165, 1.54) is 5.56 Å². The summed E-state index contributed by atoms with van der Waals surface area (Å²) in [6.45, 7) is 0.812. The molecule has 1 aliphatic carbocycles. The van der Waals surface area contributed by atoms with Crippen molar-refractivity contribution < 1.29 is 9.47 Å². The fraction of sp³-hybridized carbons (Fsp3) is 0.375. The molecule has 21 heavy (non-hydrogen) atoms. The van der Waals surface area contributed by atoms with Crippen molar-refractivity contribution in [1.82, 2.24) is 9.97 Å². The summed E-state index contributed by atoms with van der Waals surface area (Å²) >= 11 is 0. The third-order valence-corrected chi connectivity index (χ3v) is 3.69. The van der Waals surface area contributed by atoms with Crippen molar-refractivity contribution in [1.29, 1.82) is 0 Å². The van der Waals surface area contributed by atoms with Gasteiger partial charge in [0.05, 0.1) is 12.8 Å². The maximum absolute atomic E-state index is 5.79. The van der Waals surface area contributed by atoms with E-state index in [0.29, 0.717) is 19.0 Å². The fourth-order valence-electron chi connectivity index (χ4n) is 2.62. The number of hydrogen-bond donors (Lipinski definition) is 1. The molecular weight excluding hydrogens is 266 g/mol. The van der Waals surface area contributed by atoms with Crippen LogP contribution in [0.3, 0.4) is 0 Å². The average Bonchev–Trinajstić information content (AvgIpc) is 3.01. The predicted octanol–water partition coefficient (Wildman–Crippen LogP) is 2.01. The Morgan fingerprint density at radius 1 is 1.10 bits per heavy atom. The minimum absolute atomic E-state index is 0.354. The van der Waals surface area contributed by atoms with Gasteiger partial charge in [0.25, 0.3) is 0 Å². The van der Waals surface area contributed by atoms with E-state index >= 15 is 0 Å². The molecule has 0 fully saturated rings. The normalized spacial score (nSPS) is 13.0. The van der Waals surface area contributed by atoms with Gasteiger partial charge in [-0.25, -0.2) is 9.97 Å². The van der Waals surface area contributed by atoms with Crippen molar-refractivity contribution in [2.45, 2.75) is 32.4 Å². The number of fused-ring (bicyclic) bond motifs is 1. The smallest absolute Gasteiger partial charge is 0.166 e. The number of rotatable bonds is 5. The van der Waals surface area contributed by atoms with Gasteiger partial charge in [0.2, 0.25) is 0 Å². The van der Waals surface area contributed by atoms with Gasteiger partial charge < -0.3 is 15.2 Å². The van der Waals surface area contributed by atoms with Crippen molar-refractivity contribution in [2.24, 2.45) is 5.73 Å². The van der Waals surface area contributed by atoms with Gasteiger partial charge in [-0.05, 0) is 49.1 Å². The maximum Gasteiger partial charge on any atom is 0.166 e. The molecule has 0 atom stereocenters. The molecule has 110 valence electrons. The van der Waals surface area contributed by atoms with Crippen LogP contribution in [0.4, 0.5) is 0 Å². The van der Waals surface area contributed by atoms with Gasteiger partial charge in [0.15, 0.2) is 5.82 Å². The Morgan fingerprint density at radius 2 is 1.86 bits per heavy atom. The van der Waals surface area contributed by atoms with Gasteiger partial charge in [-0.1, -0.05) is 0 Å². The molecule has 5 heteroatoms. The molecule has 0 saturated heterocycles. The predicted molar refractivity (Wildman–Crippen MR) is 79.3 cm³/mol. The zero-order valence-electron chi connectivity index (χ0n) is 12.1. The second-order valence-electron chi connectivity index (χ2n) is 5.03. The molecule has 0 aliphatic heterocycles. The lowest BCUT2D eigenvalue weighted by Crippen LogP contribution is -2.11. The van der Waals surface area contributed by atoms with Crippen LogP contribution in [-0.4, -0.2) is 17.1 Å². The fourth-order valence-corrected chi connectivity index (χ4v) is 2.62. The molecule has 0 spiro atoms. The molecule has 1 aromatic carbocycles. The minimum Gasteiger partial charge on any atom is -0.497 e. The second kappa shape index (κ2) is 6.10. The lowest BCUT2D eigenvalue weighted by Gasteiger charge is -2.10. The number of hydrogen-bond acceptors (Lipinski definition) is 5. The first kappa shape index (κ1) is 13.8. The van der Waals surface area contributed by atoms with Crippen LogP contribution in [0.2, 0.25) is 0 Å². The summed E-state index contributed by atoms with van der Waals surface area (Å²) in [5.74, 6) is 2.28. The van der Waals surface area contributed by atoms with E-state index in [1.54, 1.807) is 7.11 Å². The number of nitrogens with two attached hydrogens (primary N) is 1. The van der Waals surface area contributed by atoms with Crippen LogP contribution in [0.1, 0.15) is 29.2 Å². The largest absolute Gasteiger partial charge is 0.497 e. The lowest BCUT2D eigenvalue weighted by molar-refractivity contribution is 0.294. The Morgan fingerprint density at radius 3 is 2.57 bits per heavy atom. The van der Waals surface area contributed by atoms with Crippen LogP contribution >= 0.6 is 0 Å². The Balaban J connectivity index is 1.72. The van der Waals surface area contributed by atoms with E-state index in [9.17, 15) is 0 Å². The summed E-state index contributed by atoms with van der Waals surface area (Å²) < 4.78 is 10.8. The molecule has 5 nitrogen and oxygen atoms in total. The van der Waals surface area contributed by atoms with E-state index in [1.807, 2.05) is 24.3 Å². The average molecular weight is 285 g/mol. The van der Waals surface area contributed by atoms with Crippen LogP contribution in [0.5, 0.6) is 11.5 Å². The van der Waals surface area contributed by atoms with Gasteiger partial charge in [-0.15, -0.1) is 0 Å². The van der Waals surface area contributed by atoms with E-state index in [4.69, 9.17) is 15.2 Å². The van der Waals surface area contributed by atoms with Gasteiger partial charge in [0, 0.05) is 12.2 Å². The van der Waals surface area contributed by atoms with E-state index < -0.39 is 0 Å². The van der Waals surface area contributed by atoms with Gasteiger partial charge in [-0.3, -0.25) is 0 Å². The first-order valence-corrected chi connectivity index (χ1v) is 7.14. The van der Waals surface area contributed by atoms with Crippen LogP contribution in [0, 0.1) is 0 Å². The molecule has 1 aromatic heterocycles. The highest BCUT2D eigenvalue weighted by Crippen LogP contribution is 2.23. The first-order valence-electron chi connectivity index (χ1n) is 7.14. The SMILES string of the molecule is COc1ccc(OCc2nc(CN)c3c(n2)CCC3)cc1. The van der Waals surface area contributed by atoms with Crippen molar-refractivity contribution in [3.05, 3.63) is 47.0 Å². The third-order valence-electron chi connectivity index (χ3n) is 3.69. The number of aryl methyl sites for hydroxylation is 1.